The van der Waals surface area contributed by atoms with Crippen molar-refractivity contribution in [3.05, 3.63) is 35.4 Å². The molecule has 0 fully saturated rings. The summed E-state index contributed by atoms with van der Waals surface area (Å²) in [6.45, 7) is 2.06. The lowest BCUT2D eigenvalue weighted by molar-refractivity contribution is -0.137. The molecule has 0 saturated carbocycles. The Morgan fingerprint density at radius 1 is 1.35 bits per heavy atom. The van der Waals surface area contributed by atoms with Gasteiger partial charge in [-0.05, 0) is 18.1 Å². The van der Waals surface area contributed by atoms with Gasteiger partial charge < -0.3 is 5.11 Å². The van der Waals surface area contributed by atoms with Gasteiger partial charge in [-0.2, -0.15) is 24.9 Å². The van der Waals surface area contributed by atoms with Gasteiger partial charge in [-0.3, -0.25) is 0 Å². The van der Waals surface area contributed by atoms with Gasteiger partial charge in [0.2, 0.25) is 0 Å². The number of aliphatic hydroxyl groups is 1. The molecule has 5 heteroatoms. The molecule has 0 aliphatic heterocycles. The predicted molar refractivity (Wildman–Crippen MR) is 63.9 cm³/mol. The summed E-state index contributed by atoms with van der Waals surface area (Å²) in [6.07, 6.45) is -3.62. The zero-order valence-electron chi connectivity index (χ0n) is 9.50. The summed E-state index contributed by atoms with van der Waals surface area (Å²) in [7, 11) is 0. The fraction of sp³-hybridized carbons (Fsp3) is 0.500. The van der Waals surface area contributed by atoms with E-state index in [0.29, 0.717) is 17.7 Å². The number of halogens is 3. The highest BCUT2D eigenvalue weighted by molar-refractivity contribution is 7.99. The Morgan fingerprint density at radius 3 is 2.65 bits per heavy atom. The molecule has 0 heterocycles. The molecule has 1 rings (SSSR count). The minimum Gasteiger partial charge on any atom is -0.396 e. The van der Waals surface area contributed by atoms with Crippen molar-refractivity contribution in [1.82, 2.24) is 0 Å². The molecule has 0 spiro atoms. The maximum absolute atomic E-state index is 12.4. The number of alkyl halides is 3. The second-order valence-electron chi connectivity index (χ2n) is 3.83. The van der Waals surface area contributed by atoms with Gasteiger partial charge in [-0.15, -0.1) is 0 Å². The molecule has 0 aliphatic carbocycles. The van der Waals surface area contributed by atoms with Gasteiger partial charge in [0.15, 0.2) is 0 Å². The number of hydrogen-bond acceptors (Lipinski definition) is 2. The Morgan fingerprint density at radius 2 is 2.06 bits per heavy atom. The molecule has 1 nitrogen and oxygen atoms in total. The SMILES string of the molecule is CC(CCO)SCc1cccc(C(F)(F)F)c1. The maximum Gasteiger partial charge on any atom is 0.416 e. The molecule has 1 atom stereocenters. The normalized spacial score (nSPS) is 13.7. The topological polar surface area (TPSA) is 20.2 Å². The second kappa shape index (κ2) is 6.31. The number of benzene rings is 1. The second-order valence-corrected chi connectivity index (χ2v) is 5.26. The predicted octanol–water partition coefficient (Wildman–Crippen LogP) is 3.71. The van der Waals surface area contributed by atoms with Crippen LogP contribution in [0.25, 0.3) is 0 Å². The maximum atomic E-state index is 12.4. The number of aliphatic hydroxyl groups excluding tert-OH is 1. The standard InChI is InChI=1S/C12H15F3OS/c1-9(5-6-16)17-8-10-3-2-4-11(7-10)12(13,14)15/h2-4,7,9,16H,5-6,8H2,1H3. The Hall–Kier alpha value is -0.680. The van der Waals surface area contributed by atoms with Crippen molar-refractivity contribution in [3.63, 3.8) is 0 Å². The summed E-state index contributed by atoms with van der Waals surface area (Å²) in [5, 5.41) is 8.97. The number of rotatable bonds is 5. The van der Waals surface area contributed by atoms with Gasteiger partial charge in [0.25, 0.3) is 0 Å². The molecule has 0 bridgehead atoms. The van der Waals surface area contributed by atoms with Crippen LogP contribution in [0.2, 0.25) is 0 Å². The molecule has 0 radical (unpaired) electrons. The largest absolute Gasteiger partial charge is 0.416 e. The first-order valence-electron chi connectivity index (χ1n) is 5.32. The number of thioether (sulfide) groups is 1. The molecule has 17 heavy (non-hydrogen) atoms. The zero-order valence-corrected chi connectivity index (χ0v) is 10.3. The van der Waals surface area contributed by atoms with Crippen LogP contribution in [0, 0.1) is 0 Å². The monoisotopic (exact) mass is 264 g/mol. The average molecular weight is 264 g/mol. The molecule has 1 unspecified atom stereocenters. The molecular formula is C12H15F3OS. The third kappa shape index (κ3) is 5.00. The van der Waals surface area contributed by atoms with Crippen LogP contribution in [0.1, 0.15) is 24.5 Å². The zero-order chi connectivity index (χ0) is 12.9. The average Bonchev–Trinajstić information content (AvgIpc) is 2.26. The molecule has 1 aromatic carbocycles. The molecule has 0 aliphatic rings. The first-order valence-corrected chi connectivity index (χ1v) is 6.37. The van der Waals surface area contributed by atoms with Crippen molar-refractivity contribution in [1.29, 1.82) is 0 Å². The van der Waals surface area contributed by atoms with Gasteiger partial charge in [-0.1, -0.05) is 25.1 Å². The summed E-state index contributed by atoms with van der Waals surface area (Å²) in [5.74, 6) is 0.533. The van der Waals surface area contributed by atoms with Gasteiger partial charge in [0.1, 0.15) is 0 Å². The highest BCUT2D eigenvalue weighted by Gasteiger charge is 2.30. The minimum atomic E-state index is -4.28. The van der Waals surface area contributed by atoms with Crippen molar-refractivity contribution in [2.45, 2.75) is 30.5 Å². The summed E-state index contributed by atoms with van der Waals surface area (Å²) < 4.78 is 37.3. The van der Waals surface area contributed by atoms with E-state index in [9.17, 15) is 13.2 Å². The molecule has 0 saturated heterocycles. The van der Waals surface area contributed by atoms with E-state index in [1.165, 1.54) is 12.1 Å². The van der Waals surface area contributed by atoms with Crippen LogP contribution < -0.4 is 0 Å². The Labute approximate surface area is 103 Å². The lowest BCUT2D eigenvalue weighted by Gasteiger charge is -2.11. The van der Waals surface area contributed by atoms with Crippen molar-refractivity contribution in [3.8, 4) is 0 Å². The summed E-state index contributed by atoms with van der Waals surface area (Å²) in [4.78, 5) is 0. The fourth-order valence-corrected chi connectivity index (χ4v) is 2.27. The van der Waals surface area contributed by atoms with E-state index in [4.69, 9.17) is 5.11 Å². The molecule has 1 N–H and O–H groups in total. The third-order valence-corrected chi connectivity index (χ3v) is 3.63. The van der Waals surface area contributed by atoms with Crippen molar-refractivity contribution in [2.75, 3.05) is 6.61 Å². The van der Waals surface area contributed by atoms with E-state index in [1.807, 2.05) is 6.92 Å². The summed E-state index contributed by atoms with van der Waals surface area (Å²) >= 11 is 1.55. The summed E-state index contributed by atoms with van der Waals surface area (Å²) in [5.41, 5.74) is 0.0556. The first kappa shape index (κ1) is 14.4. The van der Waals surface area contributed by atoms with Gasteiger partial charge >= 0.3 is 6.18 Å². The van der Waals surface area contributed by atoms with E-state index in [1.54, 1.807) is 17.8 Å². The quantitative estimate of drug-likeness (QED) is 0.875. The van der Waals surface area contributed by atoms with Crippen LogP contribution in [0.15, 0.2) is 24.3 Å². The van der Waals surface area contributed by atoms with E-state index >= 15 is 0 Å². The molecular weight excluding hydrogens is 249 g/mol. The minimum absolute atomic E-state index is 0.108. The van der Waals surface area contributed by atoms with Crippen molar-refractivity contribution >= 4 is 11.8 Å². The Kier molecular flexibility index (Phi) is 5.33. The van der Waals surface area contributed by atoms with E-state index in [-0.39, 0.29) is 11.9 Å². The van der Waals surface area contributed by atoms with Crippen LogP contribution >= 0.6 is 11.8 Å². The Balaban J connectivity index is 2.60. The molecule has 1 aromatic rings. The lowest BCUT2D eigenvalue weighted by Crippen LogP contribution is -2.05. The van der Waals surface area contributed by atoms with Crippen LogP contribution in [0.5, 0.6) is 0 Å². The van der Waals surface area contributed by atoms with Crippen molar-refractivity contribution < 1.29 is 18.3 Å². The van der Waals surface area contributed by atoms with Crippen LogP contribution in [-0.2, 0) is 11.9 Å². The molecule has 0 aromatic heterocycles. The summed E-state index contributed by atoms with van der Waals surface area (Å²) in [6, 6.07) is 5.37. The highest BCUT2D eigenvalue weighted by Crippen LogP contribution is 2.30. The van der Waals surface area contributed by atoms with E-state index < -0.39 is 11.7 Å². The van der Waals surface area contributed by atoms with Crippen molar-refractivity contribution in [2.24, 2.45) is 0 Å². The highest BCUT2D eigenvalue weighted by atomic mass is 32.2. The molecule has 0 amide bonds. The van der Waals surface area contributed by atoms with Crippen LogP contribution in [-0.4, -0.2) is 17.0 Å². The smallest absolute Gasteiger partial charge is 0.396 e. The van der Waals surface area contributed by atoms with Crippen LogP contribution in [0.4, 0.5) is 13.2 Å². The Bertz CT molecular complexity index is 352. The first-order chi connectivity index (χ1) is 7.93. The fourth-order valence-electron chi connectivity index (χ4n) is 1.34. The van der Waals surface area contributed by atoms with E-state index in [0.717, 1.165) is 6.07 Å². The van der Waals surface area contributed by atoms with E-state index in [2.05, 4.69) is 0 Å². The lowest BCUT2D eigenvalue weighted by atomic mass is 10.1. The molecule has 96 valence electrons. The van der Waals surface area contributed by atoms with Gasteiger partial charge in [-0.25, -0.2) is 0 Å². The van der Waals surface area contributed by atoms with Crippen LogP contribution in [0.3, 0.4) is 0 Å². The number of hydrogen-bond donors (Lipinski definition) is 1. The van der Waals surface area contributed by atoms with Gasteiger partial charge in [0.05, 0.1) is 5.56 Å². The van der Waals surface area contributed by atoms with Gasteiger partial charge in [0, 0.05) is 17.6 Å². The third-order valence-electron chi connectivity index (χ3n) is 2.32.